The molecule has 0 radical (unpaired) electrons. The van der Waals surface area contributed by atoms with Crippen molar-refractivity contribution in [1.82, 2.24) is 9.88 Å². The topological polar surface area (TPSA) is 66.8 Å². The molecule has 0 aliphatic carbocycles. The van der Waals surface area contributed by atoms with Crippen LogP contribution in [0.4, 0.5) is 0 Å². The highest BCUT2D eigenvalue weighted by Crippen LogP contribution is 2.24. The normalized spacial score (nSPS) is 19.1. The van der Waals surface area contributed by atoms with Crippen molar-refractivity contribution in [2.45, 2.75) is 37.8 Å². The molecule has 4 N–H and O–H groups in total. The van der Waals surface area contributed by atoms with Gasteiger partial charge in [-0.25, -0.2) is 0 Å². The van der Waals surface area contributed by atoms with Gasteiger partial charge in [-0.2, -0.15) is 0 Å². The zero-order valence-corrected chi connectivity index (χ0v) is 18.0. The molecule has 2 heterocycles. The number of hydrogen-bond donors (Lipinski definition) is 4. The average molecular weight is 407 g/mol. The van der Waals surface area contributed by atoms with Gasteiger partial charge in [0, 0.05) is 52.6 Å². The van der Waals surface area contributed by atoms with Crippen molar-refractivity contribution < 1.29 is 0 Å². The van der Waals surface area contributed by atoms with E-state index in [1.54, 1.807) is 0 Å². The summed E-state index contributed by atoms with van der Waals surface area (Å²) in [6, 6.07) is 17.1. The lowest BCUT2D eigenvalue weighted by Crippen LogP contribution is -2.17. The summed E-state index contributed by atoms with van der Waals surface area (Å²) in [5.41, 5.74) is 9.83. The molecule has 1 fully saturated rings. The van der Waals surface area contributed by atoms with E-state index in [-0.39, 0.29) is 0 Å². The maximum absolute atomic E-state index is 7.39. The van der Waals surface area contributed by atoms with E-state index in [9.17, 15) is 0 Å². The second-order valence-corrected chi connectivity index (χ2v) is 8.27. The van der Waals surface area contributed by atoms with Gasteiger partial charge >= 0.3 is 0 Å². The number of nitrogens with two attached hydrogens (primary N) is 1. The number of nitrogens with one attached hydrogen (secondary N) is 2. The molecule has 0 spiro atoms. The fourth-order valence-corrected chi connectivity index (χ4v) is 3.91. The van der Waals surface area contributed by atoms with Crippen LogP contribution in [0.1, 0.15) is 24.5 Å². The Bertz CT molecular complexity index is 967. The Morgan fingerprint density at radius 1 is 1.24 bits per heavy atom. The summed E-state index contributed by atoms with van der Waals surface area (Å²) in [5.74, 6) is 0.705. The molecule has 5 heteroatoms. The number of benzene rings is 2. The molecular formula is C24H30N4S. The monoisotopic (exact) mass is 406 g/mol. The molecule has 2 aromatic carbocycles. The molecule has 1 aliphatic heterocycles. The standard InChI is InChI=1S/C17H22N4.C7H8S/c1-12-6-13(10-20-12)11-21-5-4-15-7-14(2-3-17(15)21)16(8-18)9-19;1-6-2-4-7(8)5-3-6/h2-5,7-9,12-13,18,20H,6,10-11,19H2,1H3;2-5,8H,1H3/b16-9+,18-8?;. The van der Waals surface area contributed by atoms with Gasteiger partial charge in [-0.3, -0.25) is 0 Å². The molecule has 1 saturated heterocycles. The third-order valence-electron chi connectivity index (χ3n) is 5.37. The molecule has 4 nitrogen and oxygen atoms in total. The zero-order valence-electron chi connectivity index (χ0n) is 17.1. The third kappa shape index (κ3) is 5.52. The first-order valence-corrected chi connectivity index (χ1v) is 10.5. The van der Waals surface area contributed by atoms with Crippen LogP contribution in [-0.2, 0) is 6.54 Å². The summed E-state index contributed by atoms with van der Waals surface area (Å²) in [7, 11) is 0. The van der Waals surface area contributed by atoms with E-state index < -0.39 is 0 Å². The average Bonchev–Trinajstić information content (AvgIpc) is 3.32. The van der Waals surface area contributed by atoms with Gasteiger partial charge in [-0.05, 0) is 68.6 Å². The third-order valence-corrected chi connectivity index (χ3v) is 5.67. The summed E-state index contributed by atoms with van der Waals surface area (Å²) in [6.07, 6.45) is 6.18. The van der Waals surface area contributed by atoms with Crippen LogP contribution in [0.2, 0.25) is 0 Å². The lowest BCUT2D eigenvalue weighted by Gasteiger charge is -2.11. The Balaban J connectivity index is 0.000000252. The molecule has 152 valence electrons. The van der Waals surface area contributed by atoms with Crippen molar-refractivity contribution in [1.29, 1.82) is 5.41 Å². The highest BCUT2D eigenvalue weighted by molar-refractivity contribution is 7.80. The first-order chi connectivity index (χ1) is 14.0. The molecule has 0 bridgehead atoms. The second kappa shape index (κ2) is 9.81. The van der Waals surface area contributed by atoms with Crippen molar-refractivity contribution in [3.63, 3.8) is 0 Å². The molecule has 29 heavy (non-hydrogen) atoms. The predicted octanol–water partition coefficient (Wildman–Crippen LogP) is 4.87. The number of nitrogens with zero attached hydrogens (tertiary/aromatic N) is 1. The molecule has 1 aliphatic rings. The molecule has 0 saturated carbocycles. The Hall–Kier alpha value is -2.50. The number of rotatable bonds is 4. The van der Waals surface area contributed by atoms with E-state index in [4.69, 9.17) is 11.1 Å². The highest BCUT2D eigenvalue weighted by Gasteiger charge is 2.21. The number of thiol groups is 1. The molecule has 4 rings (SSSR count). The Morgan fingerprint density at radius 3 is 2.59 bits per heavy atom. The van der Waals surface area contributed by atoms with Crippen LogP contribution in [0.25, 0.3) is 16.5 Å². The molecule has 2 unspecified atom stereocenters. The number of aryl methyl sites for hydroxylation is 1. The summed E-state index contributed by atoms with van der Waals surface area (Å²) in [4.78, 5) is 1.02. The molecule has 3 aromatic rings. The maximum atomic E-state index is 7.39. The second-order valence-electron chi connectivity index (χ2n) is 7.75. The SMILES string of the molecule is CC1CC(Cn2ccc3cc(/C(C=N)=C/N)ccc32)CN1.Cc1ccc(S)cc1. The van der Waals surface area contributed by atoms with Gasteiger partial charge in [0.25, 0.3) is 0 Å². The number of hydrogen-bond acceptors (Lipinski definition) is 4. The van der Waals surface area contributed by atoms with Crippen molar-refractivity contribution >= 4 is 35.3 Å². The van der Waals surface area contributed by atoms with Gasteiger partial charge in [0.15, 0.2) is 0 Å². The van der Waals surface area contributed by atoms with Crippen molar-refractivity contribution in [2.75, 3.05) is 6.54 Å². The van der Waals surface area contributed by atoms with E-state index in [1.165, 1.54) is 35.3 Å². The smallest absolute Gasteiger partial charge is 0.0480 e. The number of fused-ring (bicyclic) bond motifs is 1. The van der Waals surface area contributed by atoms with Crippen molar-refractivity contribution in [2.24, 2.45) is 11.7 Å². The van der Waals surface area contributed by atoms with Crippen molar-refractivity contribution in [3.8, 4) is 0 Å². The van der Waals surface area contributed by atoms with Gasteiger partial charge < -0.3 is 21.0 Å². The first kappa shape index (κ1) is 21.2. The lowest BCUT2D eigenvalue weighted by molar-refractivity contribution is 0.483. The summed E-state index contributed by atoms with van der Waals surface area (Å²) in [5, 5.41) is 12.1. The fraction of sp³-hybridized carbons (Fsp3) is 0.292. The van der Waals surface area contributed by atoms with E-state index in [0.29, 0.717) is 12.0 Å². The predicted molar refractivity (Wildman–Crippen MR) is 127 cm³/mol. The van der Waals surface area contributed by atoms with E-state index >= 15 is 0 Å². The molecule has 1 aromatic heterocycles. The van der Waals surface area contributed by atoms with Crippen molar-refractivity contribution in [3.05, 3.63) is 72.1 Å². The zero-order chi connectivity index (χ0) is 20.8. The quantitative estimate of drug-likeness (QED) is 0.369. The molecule has 2 atom stereocenters. The molecular weight excluding hydrogens is 376 g/mol. The van der Waals surface area contributed by atoms with E-state index in [0.717, 1.165) is 29.1 Å². The first-order valence-electron chi connectivity index (χ1n) is 10.0. The molecule has 0 amide bonds. The minimum Gasteiger partial charge on any atom is -0.404 e. The maximum Gasteiger partial charge on any atom is 0.0480 e. The minimum atomic E-state index is 0.633. The van der Waals surface area contributed by atoms with Crippen LogP contribution in [0.5, 0.6) is 0 Å². The van der Waals surface area contributed by atoms with Crippen LogP contribution in [0, 0.1) is 18.3 Å². The van der Waals surface area contributed by atoms with Crippen LogP contribution in [0.3, 0.4) is 0 Å². The van der Waals surface area contributed by atoms with Gasteiger partial charge in [-0.1, -0.05) is 23.8 Å². The summed E-state index contributed by atoms with van der Waals surface area (Å²) in [6.45, 7) is 6.47. The fourth-order valence-electron chi connectivity index (χ4n) is 3.76. The minimum absolute atomic E-state index is 0.633. The Labute approximate surface area is 178 Å². The van der Waals surface area contributed by atoms with E-state index in [1.807, 2.05) is 30.3 Å². The summed E-state index contributed by atoms with van der Waals surface area (Å²) >= 11 is 4.13. The van der Waals surface area contributed by atoms with Crippen LogP contribution in [-0.4, -0.2) is 23.4 Å². The van der Waals surface area contributed by atoms with Crippen LogP contribution in [0.15, 0.2) is 65.8 Å². The number of aromatic nitrogens is 1. The van der Waals surface area contributed by atoms with Crippen LogP contribution >= 0.6 is 12.6 Å². The Kier molecular flexibility index (Phi) is 7.18. The number of allylic oxidation sites excluding steroid dienone is 1. The Morgan fingerprint density at radius 2 is 2.00 bits per heavy atom. The van der Waals surface area contributed by atoms with Gasteiger partial charge in [0.2, 0.25) is 0 Å². The lowest BCUT2D eigenvalue weighted by atomic mass is 10.1. The van der Waals surface area contributed by atoms with Gasteiger partial charge in [-0.15, -0.1) is 12.6 Å². The summed E-state index contributed by atoms with van der Waals surface area (Å²) < 4.78 is 2.33. The largest absolute Gasteiger partial charge is 0.404 e. The van der Waals surface area contributed by atoms with Gasteiger partial charge in [0.05, 0.1) is 0 Å². The van der Waals surface area contributed by atoms with E-state index in [2.05, 4.69) is 60.8 Å². The highest BCUT2D eigenvalue weighted by atomic mass is 32.1. The van der Waals surface area contributed by atoms with Gasteiger partial charge in [0.1, 0.15) is 0 Å². The van der Waals surface area contributed by atoms with Crippen LogP contribution < -0.4 is 11.1 Å².